The Bertz CT molecular complexity index is 1190. The normalized spacial score (nSPS) is 16.1. The summed E-state index contributed by atoms with van der Waals surface area (Å²) in [6.45, 7) is 3.37. The highest BCUT2D eigenvalue weighted by atomic mass is 32.2. The van der Waals surface area contributed by atoms with E-state index in [2.05, 4.69) is 10.2 Å². The number of amides is 2. The molecule has 2 aromatic carbocycles. The van der Waals surface area contributed by atoms with Crippen molar-refractivity contribution < 1.29 is 33.8 Å². The van der Waals surface area contributed by atoms with E-state index in [-0.39, 0.29) is 30.7 Å². The Hall–Kier alpha value is -3.93. The van der Waals surface area contributed by atoms with Gasteiger partial charge < -0.3 is 19.8 Å². The van der Waals surface area contributed by atoms with Crippen molar-refractivity contribution in [3.05, 3.63) is 81.4 Å². The number of likely N-dealkylation sites (tertiary alicyclic amines) is 1. The Labute approximate surface area is 236 Å². The summed E-state index contributed by atoms with van der Waals surface area (Å²) in [6.07, 6.45) is 1.34. The van der Waals surface area contributed by atoms with Crippen molar-refractivity contribution >= 4 is 34.7 Å². The molecule has 0 aromatic heterocycles. The molecule has 0 aliphatic carbocycles. The molecular formula is C28H33N3O8S. The highest BCUT2D eigenvalue weighted by molar-refractivity contribution is 8.13. The maximum absolute atomic E-state index is 13.3. The van der Waals surface area contributed by atoms with E-state index in [1.165, 1.54) is 11.8 Å². The molecular weight excluding hydrogens is 538 g/mol. The molecule has 3 atom stereocenters. The standard InChI is InChI=1S/C28H33N3O8S/c1-19(18-40-20(2)32)27(34)30-14-6-9-25(30)26(33)29-24(15-21-7-4-3-5-8-21)28(35)38-16-22-10-12-23(13-11-22)17-39-31(36)37/h3-5,7-8,10-13,19,24-25H,6,9,14-18H2,1-2H3,(H,29,33)/t19-,24+,25+/m1/s1. The second kappa shape index (κ2) is 15.0. The summed E-state index contributed by atoms with van der Waals surface area (Å²) in [5, 5.41) is 12.2. The summed E-state index contributed by atoms with van der Waals surface area (Å²) >= 11 is 1.08. The first kappa shape index (κ1) is 30.6. The maximum atomic E-state index is 13.3. The molecule has 0 unspecified atom stereocenters. The van der Waals surface area contributed by atoms with Crippen LogP contribution < -0.4 is 5.32 Å². The molecule has 1 saturated heterocycles. The third-order valence-corrected chi connectivity index (χ3v) is 7.49. The first-order valence-corrected chi connectivity index (χ1v) is 13.9. The number of rotatable bonds is 13. The van der Waals surface area contributed by atoms with Gasteiger partial charge in [-0.15, -0.1) is 10.1 Å². The summed E-state index contributed by atoms with van der Waals surface area (Å²) in [5.74, 6) is -1.33. The van der Waals surface area contributed by atoms with E-state index in [1.54, 1.807) is 31.2 Å². The smallest absolute Gasteiger partial charge is 0.329 e. The molecule has 0 saturated carbocycles. The highest BCUT2D eigenvalue weighted by Gasteiger charge is 2.37. The third kappa shape index (κ3) is 9.37. The molecule has 0 radical (unpaired) electrons. The topological polar surface area (TPSA) is 145 Å². The average molecular weight is 572 g/mol. The number of carbonyl (C=O) groups excluding carboxylic acids is 4. The Kier molecular flexibility index (Phi) is 11.5. The van der Waals surface area contributed by atoms with Crippen LogP contribution in [0.3, 0.4) is 0 Å². The van der Waals surface area contributed by atoms with E-state index in [0.717, 1.165) is 17.3 Å². The highest BCUT2D eigenvalue weighted by Crippen LogP contribution is 2.22. The largest absolute Gasteiger partial charge is 0.459 e. The van der Waals surface area contributed by atoms with Crippen molar-refractivity contribution in [1.29, 1.82) is 0 Å². The zero-order valence-corrected chi connectivity index (χ0v) is 23.3. The summed E-state index contributed by atoms with van der Waals surface area (Å²) in [6, 6.07) is 14.1. The Morgan fingerprint density at radius 1 is 1.05 bits per heavy atom. The minimum Gasteiger partial charge on any atom is -0.459 e. The second-order valence-corrected chi connectivity index (χ2v) is 10.8. The second-order valence-electron chi connectivity index (χ2n) is 9.57. The molecule has 1 fully saturated rings. The van der Waals surface area contributed by atoms with E-state index in [0.29, 0.717) is 36.3 Å². The first-order valence-electron chi connectivity index (χ1n) is 12.9. The summed E-state index contributed by atoms with van der Waals surface area (Å²) in [7, 11) is 0. The monoisotopic (exact) mass is 571 g/mol. The van der Waals surface area contributed by atoms with E-state index in [9.17, 15) is 29.3 Å². The Morgan fingerprint density at radius 2 is 1.70 bits per heavy atom. The number of hydrogen-bond acceptors (Lipinski definition) is 9. The minimum absolute atomic E-state index is 0.0598. The van der Waals surface area contributed by atoms with E-state index < -0.39 is 35.0 Å². The zero-order valence-electron chi connectivity index (χ0n) is 22.4. The third-order valence-electron chi connectivity index (χ3n) is 6.42. The lowest BCUT2D eigenvalue weighted by molar-refractivity contribution is -0.763. The summed E-state index contributed by atoms with van der Waals surface area (Å²) in [4.78, 5) is 67.1. The predicted octanol–water partition coefficient (Wildman–Crippen LogP) is 3.07. The van der Waals surface area contributed by atoms with Crippen LogP contribution in [0.1, 0.15) is 43.4 Å². The molecule has 12 heteroatoms. The fraction of sp³-hybridized carbons (Fsp3) is 0.429. The number of thioether (sulfide) groups is 1. The number of carbonyl (C=O) groups is 4. The van der Waals surface area contributed by atoms with Crippen molar-refractivity contribution in [3.63, 3.8) is 0 Å². The molecule has 1 aliphatic rings. The summed E-state index contributed by atoms with van der Waals surface area (Å²) < 4.78 is 5.52. The minimum atomic E-state index is -0.981. The molecule has 2 amide bonds. The van der Waals surface area contributed by atoms with Crippen LogP contribution in [0.4, 0.5) is 0 Å². The molecule has 1 aliphatic heterocycles. The Balaban J connectivity index is 1.65. The van der Waals surface area contributed by atoms with Gasteiger partial charge in [-0.1, -0.05) is 73.3 Å². The first-order chi connectivity index (χ1) is 19.1. The molecule has 0 bridgehead atoms. The van der Waals surface area contributed by atoms with Crippen molar-refractivity contribution in [2.24, 2.45) is 5.92 Å². The van der Waals surface area contributed by atoms with Crippen molar-refractivity contribution in [3.8, 4) is 0 Å². The Morgan fingerprint density at radius 3 is 2.33 bits per heavy atom. The van der Waals surface area contributed by atoms with Crippen LogP contribution in [-0.4, -0.2) is 57.3 Å². The van der Waals surface area contributed by atoms with E-state index in [4.69, 9.17) is 4.74 Å². The molecule has 214 valence electrons. The van der Waals surface area contributed by atoms with Gasteiger partial charge in [0.15, 0.2) is 5.12 Å². The SMILES string of the molecule is CC(=O)SC[C@@H](C)C(=O)N1CCC[C@H]1C(=O)N[C@@H](Cc1ccccc1)C(=O)OCc1ccc(CO[N+](=O)[O-])cc1. The number of esters is 1. The maximum Gasteiger partial charge on any atom is 0.329 e. The van der Waals surface area contributed by atoms with E-state index >= 15 is 0 Å². The van der Waals surface area contributed by atoms with Crippen LogP contribution in [-0.2, 0) is 48.4 Å². The van der Waals surface area contributed by atoms with Gasteiger partial charge in [-0.25, -0.2) is 4.79 Å². The van der Waals surface area contributed by atoms with Gasteiger partial charge in [0.05, 0.1) is 0 Å². The van der Waals surface area contributed by atoms with Crippen LogP contribution in [0.25, 0.3) is 0 Å². The van der Waals surface area contributed by atoms with Crippen LogP contribution >= 0.6 is 11.8 Å². The van der Waals surface area contributed by atoms with Crippen molar-refractivity contribution in [1.82, 2.24) is 10.2 Å². The van der Waals surface area contributed by atoms with Gasteiger partial charge in [-0.2, -0.15) is 0 Å². The number of nitrogens with one attached hydrogen (secondary N) is 1. The van der Waals surface area contributed by atoms with Gasteiger partial charge in [0.1, 0.15) is 25.3 Å². The fourth-order valence-corrected chi connectivity index (χ4v) is 4.95. The van der Waals surface area contributed by atoms with Gasteiger partial charge in [0, 0.05) is 31.6 Å². The van der Waals surface area contributed by atoms with Gasteiger partial charge in [-0.3, -0.25) is 14.4 Å². The number of hydrogen-bond donors (Lipinski definition) is 1. The lowest BCUT2D eigenvalue weighted by atomic mass is 10.0. The van der Waals surface area contributed by atoms with E-state index in [1.807, 2.05) is 30.3 Å². The quantitative estimate of drug-likeness (QED) is 0.218. The number of benzene rings is 2. The van der Waals surface area contributed by atoms with Crippen LogP contribution in [0, 0.1) is 16.0 Å². The predicted molar refractivity (Wildman–Crippen MR) is 147 cm³/mol. The van der Waals surface area contributed by atoms with Crippen LogP contribution in [0.5, 0.6) is 0 Å². The lowest BCUT2D eigenvalue weighted by Crippen LogP contribution is -2.52. The zero-order chi connectivity index (χ0) is 29.1. The summed E-state index contributed by atoms with van der Waals surface area (Å²) in [5.41, 5.74) is 2.08. The van der Waals surface area contributed by atoms with Gasteiger partial charge in [-0.05, 0) is 29.5 Å². The molecule has 1 N–H and O–H groups in total. The fourth-order valence-electron chi connectivity index (χ4n) is 4.32. The van der Waals surface area contributed by atoms with Gasteiger partial charge in [0.2, 0.25) is 11.8 Å². The number of ether oxygens (including phenoxy) is 1. The van der Waals surface area contributed by atoms with Gasteiger partial charge >= 0.3 is 5.97 Å². The van der Waals surface area contributed by atoms with Crippen molar-refractivity contribution in [2.75, 3.05) is 12.3 Å². The van der Waals surface area contributed by atoms with Crippen LogP contribution in [0.15, 0.2) is 54.6 Å². The molecule has 0 spiro atoms. The van der Waals surface area contributed by atoms with Crippen molar-refractivity contribution in [2.45, 2.75) is 58.4 Å². The average Bonchev–Trinajstić information content (AvgIpc) is 3.44. The van der Waals surface area contributed by atoms with Crippen LogP contribution in [0.2, 0.25) is 0 Å². The molecule has 3 rings (SSSR count). The molecule has 1 heterocycles. The van der Waals surface area contributed by atoms with Gasteiger partial charge in [0.25, 0.3) is 5.09 Å². The lowest BCUT2D eigenvalue weighted by Gasteiger charge is -2.28. The molecule has 2 aromatic rings. The molecule has 11 nitrogen and oxygen atoms in total. The number of nitrogens with zero attached hydrogens (tertiary/aromatic N) is 2. The molecule has 40 heavy (non-hydrogen) atoms.